The van der Waals surface area contributed by atoms with E-state index in [2.05, 4.69) is 14.7 Å². The summed E-state index contributed by atoms with van der Waals surface area (Å²) in [5.41, 5.74) is 1.49. The highest BCUT2D eigenvalue weighted by atomic mass is 32.2. The second-order valence-corrected chi connectivity index (χ2v) is 6.76. The molecule has 0 fully saturated rings. The fraction of sp³-hybridized carbons (Fsp3) is 0.357. The first kappa shape index (κ1) is 15.5. The van der Waals surface area contributed by atoms with Crippen LogP contribution in [0.3, 0.4) is 0 Å². The monoisotopic (exact) mass is 309 g/mol. The highest BCUT2D eigenvalue weighted by Crippen LogP contribution is 2.22. The van der Waals surface area contributed by atoms with Crippen LogP contribution in [-0.2, 0) is 16.6 Å². The second-order valence-electron chi connectivity index (χ2n) is 5.00. The van der Waals surface area contributed by atoms with Gasteiger partial charge in [0.25, 0.3) is 0 Å². The first-order chi connectivity index (χ1) is 9.88. The molecule has 0 unspecified atom stereocenters. The molecule has 0 radical (unpaired) electrons. The van der Waals surface area contributed by atoms with Crippen molar-refractivity contribution < 1.29 is 13.2 Å². The van der Waals surface area contributed by atoms with E-state index in [4.69, 9.17) is 4.74 Å². The summed E-state index contributed by atoms with van der Waals surface area (Å²) < 4.78 is 32.6. The van der Waals surface area contributed by atoms with Gasteiger partial charge in [-0.15, -0.1) is 0 Å². The predicted molar refractivity (Wildman–Crippen MR) is 79.6 cm³/mol. The molecule has 0 atom stereocenters. The minimum atomic E-state index is -3.56. The van der Waals surface area contributed by atoms with Crippen LogP contribution in [0.1, 0.15) is 25.1 Å². The third-order valence-corrected chi connectivity index (χ3v) is 4.23. The predicted octanol–water partition coefficient (Wildman–Crippen LogP) is 1.98. The molecule has 0 bridgehead atoms. The summed E-state index contributed by atoms with van der Waals surface area (Å²) in [6.07, 6.45) is 3.13. The SMILES string of the molecule is Cc1cc(S(=O)(=O)NCc2cnc[nH]2)ccc1OC(C)C. The van der Waals surface area contributed by atoms with Gasteiger partial charge in [0.2, 0.25) is 10.0 Å². The zero-order chi connectivity index (χ0) is 15.5. The number of aromatic nitrogens is 2. The number of rotatable bonds is 6. The Labute approximate surface area is 124 Å². The molecule has 0 saturated heterocycles. The van der Waals surface area contributed by atoms with Crippen molar-refractivity contribution >= 4 is 10.0 Å². The average molecular weight is 309 g/mol. The van der Waals surface area contributed by atoms with Crippen molar-refractivity contribution in [3.05, 3.63) is 42.0 Å². The first-order valence-electron chi connectivity index (χ1n) is 6.62. The molecule has 2 rings (SSSR count). The highest BCUT2D eigenvalue weighted by Gasteiger charge is 2.15. The Morgan fingerprint density at radius 2 is 2.14 bits per heavy atom. The van der Waals surface area contributed by atoms with E-state index in [9.17, 15) is 8.42 Å². The lowest BCUT2D eigenvalue weighted by molar-refractivity contribution is 0.240. The van der Waals surface area contributed by atoms with Gasteiger partial charge in [0.1, 0.15) is 5.75 Å². The molecule has 0 aliphatic carbocycles. The van der Waals surface area contributed by atoms with Gasteiger partial charge < -0.3 is 9.72 Å². The molecule has 0 aliphatic rings. The number of ether oxygens (including phenoxy) is 1. The van der Waals surface area contributed by atoms with Crippen LogP contribution in [0.4, 0.5) is 0 Å². The van der Waals surface area contributed by atoms with Gasteiger partial charge in [-0.25, -0.2) is 18.1 Å². The van der Waals surface area contributed by atoms with Crippen LogP contribution in [-0.4, -0.2) is 24.5 Å². The molecule has 1 aromatic carbocycles. The zero-order valence-corrected chi connectivity index (χ0v) is 13.1. The smallest absolute Gasteiger partial charge is 0.240 e. The normalized spacial score (nSPS) is 11.8. The Hall–Kier alpha value is -1.86. The molecule has 2 N–H and O–H groups in total. The van der Waals surface area contributed by atoms with Crippen molar-refractivity contribution in [3.8, 4) is 5.75 Å². The topological polar surface area (TPSA) is 84.1 Å². The van der Waals surface area contributed by atoms with Crippen LogP contribution >= 0.6 is 0 Å². The minimum Gasteiger partial charge on any atom is -0.491 e. The van der Waals surface area contributed by atoms with Gasteiger partial charge in [0.15, 0.2) is 0 Å². The number of hydrogen-bond acceptors (Lipinski definition) is 4. The molecule has 1 heterocycles. The average Bonchev–Trinajstić information content (AvgIpc) is 2.91. The molecule has 0 amide bonds. The number of aryl methyl sites for hydroxylation is 1. The number of nitrogens with zero attached hydrogens (tertiary/aromatic N) is 1. The molecule has 7 heteroatoms. The van der Waals surface area contributed by atoms with Crippen LogP contribution in [0.15, 0.2) is 35.6 Å². The summed E-state index contributed by atoms with van der Waals surface area (Å²) in [7, 11) is -3.56. The van der Waals surface area contributed by atoms with Crippen molar-refractivity contribution in [2.75, 3.05) is 0 Å². The third kappa shape index (κ3) is 4.05. The van der Waals surface area contributed by atoms with Crippen LogP contribution < -0.4 is 9.46 Å². The van der Waals surface area contributed by atoms with Gasteiger partial charge in [-0.1, -0.05) is 0 Å². The lowest BCUT2D eigenvalue weighted by Crippen LogP contribution is -2.23. The number of H-pyrrole nitrogens is 1. The van der Waals surface area contributed by atoms with E-state index in [-0.39, 0.29) is 17.5 Å². The van der Waals surface area contributed by atoms with Crippen LogP contribution in [0.25, 0.3) is 0 Å². The Morgan fingerprint density at radius 1 is 1.38 bits per heavy atom. The van der Waals surface area contributed by atoms with E-state index in [1.165, 1.54) is 6.33 Å². The van der Waals surface area contributed by atoms with Crippen molar-refractivity contribution in [2.45, 2.75) is 38.3 Å². The van der Waals surface area contributed by atoms with Crippen molar-refractivity contribution in [3.63, 3.8) is 0 Å². The fourth-order valence-electron chi connectivity index (χ4n) is 1.81. The number of nitrogens with one attached hydrogen (secondary N) is 2. The Morgan fingerprint density at radius 3 is 2.71 bits per heavy atom. The van der Waals surface area contributed by atoms with Crippen LogP contribution in [0, 0.1) is 6.92 Å². The molecule has 0 aliphatic heterocycles. The standard InChI is InChI=1S/C14H19N3O3S/c1-10(2)20-14-5-4-13(6-11(14)3)21(18,19)17-8-12-7-15-9-16-12/h4-7,9-10,17H,8H2,1-3H3,(H,15,16). The second kappa shape index (κ2) is 6.28. The quantitative estimate of drug-likeness (QED) is 0.854. The third-order valence-electron chi connectivity index (χ3n) is 2.83. The van der Waals surface area contributed by atoms with E-state index in [0.29, 0.717) is 11.4 Å². The molecule has 2 aromatic rings. The first-order valence-corrected chi connectivity index (χ1v) is 8.11. The maximum atomic E-state index is 12.2. The molecule has 0 spiro atoms. The maximum absolute atomic E-state index is 12.2. The zero-order valence-electron chi connectivity index (χ0n) is 12.3. The number of hydrogen-bond donors (Lipinski definition) is 2. The molecule has 114 valence electrons. The van der Waals surface area contributed by atoms with Crippen molar-refractivity contribution in [2.24, 2.45) is 0 Å². The van der Waals surface area contributed by atoms with Crippen LogP contribution in [0.2, 0.25) is 0 Å². The van der Waals surface area contributed by atoms with E-state index in [0.717, 1.165) is 5.56 Å². The van der Waals surface area contributed by atoms with E-state index < -0.39 is 10.0 Å². The largest absolute Gasteiger partial charge is 0.491 e. The summed E-state index contributed by atoms with van der Waals surface area (Å²) in [5.74, 6) is 0.692. The molecular formula is C14H19N3O3S. The molecular weight excluding hydrogens is 290 g/mol. The molecule has 0 saturated carbocycles. The van der Waals surface area contributed by atoms with Gasteiger partial charge in [-0.05, 0) is 44.5 Å². The lowest BCUT2D eigenvalue weighted by Gasteiger charge is -2.13. The van der Waals surface area contributed by atoms with Gasteiger partial charge in [0, 0.05) is 11.9 Å². The van der Waals surface area contributed by atoms with Gasteiger partial charge >= 0.3 is 0 Å². The Bertz CT molecular complexity index is 694. The van der Waals surface area contributed by atoms with Crippen molar-refractivity contribution in [1.82, 2.24) is 14.7 Å². The maximum Gasteiger partial charge on any atom is 0.240 e. The Balaban J connectivity index is 2.14. The molecule has 21 heavy (non-hydrogen) atoms. The summed E-state index contributed by atoms with van der Waals surface area (Å²) in [5, 5.41) is 0. The summed E-state index contributed by atoms with van der Waals surface area (Å²) in [6.45, 7) is 5.85. The summed E-state index contributed by atoms with van der Waals surface area (Å²) in [4.78, 5) is 6.91. The molecule has 6 nitrogen and oxygen atoms in total. The van der Waals surface area contributed by atoms with Gasteiger partial charge in [-0.3, -0.25) is 0 Å². The van der Waals surface area contributed by atoms with Crippen molar-refractivity contribution in [1.29, 1.82) is 0 Å². The van der Waals surface area contributed by atoms with Gasteiger partial charge in [-0.2, -0.15) is 0 Å². The fourth-order valence-corrected chi connectivity index (χ4v) is 2.90. The van der Waals surface area contributed by atoms with Gasteiger partial charge in [0.05, 0.1) is 23.9 Å². The van der Waals surface area contributed by atoms with Crippen LogP contribution in [0.5, 0.6) is 5.75 Å². The van der Waals surface area contributed by atoms with E-state index >= 15 is 0 Å². The summed E-state index contributed by atoms with van der Waals surface area (Å²) >= 11 is 0. The number of sulfonamides is 1. The van der Waals surface area contributed by atoms with E-state index in [1.807, 2.05) is 20.8 Å². The highest BCUT2D eigenvalue weighted by molar-refractivity contribution is 7.89. The lowest BCUT2D eigenvalue weighted by atomic mass is 10.2. The molecule has 1 aromatic heterocycles. The van der Waals surface area contributed by atoms with E-state index in [1.54, 1.807) is 24.4 Å². The Kier molecular flexibility index (Phi) is 4.64. The number of aromatic amines is 1. The number of benzene rings is 1. The minimum absolute atomic E-state index is 0.0460. The number of imidazole rings is 1. The summed E-state index contributed by atoms with van der Waals surface area (Å²) in [6, 6.07) is 4.83.